The van der Waals surface area contributed by atoms with Crippen LogP contribution in [-0.4, -0.2) is 49.3 Å². The smallest absolute Gasteiger partial charge is 0.238 e. The first-order valence-electron chi connectivity index (χ1n) is 6.58. The number of hydrogen-bond acceptors (Lipinski definition) is 4. The molecule has 1 amide bonds. The fraction of sp³-hybridized carbons (Fsp3) is 0.500. The van der Waals surface area contributed by atoms with Gasteiger partial charge in [0.15, 0.2) is 0 Å². The van der Waals surface area contributed by atoms with Gasteiger partial charge >= 0.3 is 0 Å². The molecule has 5 heteroatoms. The van der Waals surface area contributed by atoms with Gasteiger partial charge in [-0.1, -0.05) is 12.1 Å². The Labute approximate surface area is 118 Å². The van der Waals surface area contributed by atoms with Gasteiger partial charge in [0.05, 0.1) is 12.2 Å². The highest BCUT2D eigenvalue weighted by Crippen LogP contribution is 2.24. The van der Waals surface area contributed by atoms with E-state index in [4.69, 9.17) is 0 Å². The Hall–Kier alpha value is -1.04. The van der Waals surface area contributed by atoms with E-state index < -0.39 is 0 Å². The van der Waals surface area contributed by atoms with E-state index >= 15 is 0 Å². The number of anilines is 1. The van der Waals surface area contributed by atoms with E-state index in [2.05, 4.69) is 22.5 Å². The molecular weight excluding hydrogens is 258 g/mol. The van der Waals surface area contributed by atoms with Crippen LogP contribution in [0.15, 0.2) is 29.2 Å². The fourth-order valence-electron chi connectivity index (χ4n) is 2.24. The summed E-state index contributed by atoms with van der Waals surface area (Å²) < 4.78 is 0. The number of benzene rings is 1. The summed E-state index contributed by atoms with van der Waals surface area (Å²) in [4.78, 5) is 15.4. The van der Waals surface area contributed by atoms with Crippen molar-refractivity contribution in [2.24, 2.45) is 0 Å². The molecule has 0 aliphatic carbocycles. The summed E-state index contributed by atoms with van der Waals surface area (Å²) in [7, 11) is 0. The molecule has 0 saturated carbocycles. The van der Waals surface area contributed by atoms with E-state index in [1.807, 2.05) is 30.5 Å². The molecule has 19 heavy (non-hydrogen) atoms. The fourth-order valence-corrected chi connectivity index (χ4v) is 2.79. The minimum Gasteiger partial charge on any atom is -0.324 e. The van der Waals surface area contributed by atoms with E-state index in [1.54, 1.807) is 11.8 Å². The molecule has 1 fully saturated rings. The van der Waals surface area contributed by atoms with E-state index in [-0.39, 0.29) is 5.91 Å². The number of carbonyl (C=O) groups is 1. The maximum absolute atomic E-state index is 12.1. The normalized spacial score (nSPS) is 20.2. The van der Waals surface area contributed by atoms with Gasteiger partial charge in [0.1, 0.15) is 0 Å². The molecule has 1 atom stereocenters. The summed E-state index contributed by atoms with van der Waals surface area (Å²) in [6, 6.07) is 8.32. The second-order valence-corrected chi connectivity index (χ2v) is 5.62. The van der Waals surface area contributed by atoms with Crippen LogP contribution in [0.25, 0.3) is 0 Å². The van der Waals surface area contributed by atoms with Crippen LogP contribution < -0.4 is 10.6 Å². The van der Waals surface area contributed by atoms with Crippen LogP contribution in [0.2, 0.25) is 0 Å². The van der Waals surface area contributed by atoms with Gasteiger partial charge in [-0.25, -0.2) is 0 Å². The molecule has 1 saturated heterocycles. The zero-order valence-electron chi connectivity index (χ0n) is 11.5. The van der Waals surface area contributed by atoms with Gasteiger partial charge < -0.3 is 10.6 Å². The summed E-state index contributed by atoms with van der Waals surface area (Å²) in [5, 5.41) is 6.34. The Balaban J connectivity index is 1.93. The minimum atomic E-state index is 0.0650. The molecule has 1 aliphatic rings. The third-order valence-corrected chi connectivity index (χ3v) is 4.16. The van der Waals surface area contributed by atoms with Crippen LogP contribution in [-0.2, 0) is 4.79 Å². The van der Waals surface area contributed by atoms with Gasteiger partial charge in [-0.3, -0.25) is 9.69 Å². The quantitative estimate of drug-likeness (QED) is 0.823. The maximum Gasteiger partial charge on any atom is 0.238 e. The first-order chi connectivity index (χ1) is 9.20. The molecule has 0 aromatic heterocycles. The van der Waals surface area contributed by atoms with Gasteiger partial charge in [0.25, 0.3) is 0 Å². The SMILES string of the molecule is CSc1ccccc1NC(=O)CN1CCNCC1C. The number of nitrogens with zero attached hydrogens (tertiary/aromatic N) is 1. The first kappa shape index (κ1) is 14.4. The van der Waals surface area contributed by atoms with Crippen LogP contribution in [0.1, 0.15) is 6.92 Å². The highest BCUT2D eigenvalue weighted by molar-refractivity contribution is 7.98. The zero-order valence-corrected chi connectivity index (χ0v) is 12.3. The Morgan fingerprint density at radius 3 is 3.05 bits per heavy atom. The van der Waals surface area contributed by atoms with Gasteiger partial charge in [-0.2, -0.15) is 0 Å². The molecule has 1 heterocycles. The third-order valence-electron chi connectivity index (χ3n) is 3.37. The summed E-state index contributed by atoms with van der Waals surface area (Å²) in [6.45, 7) is 5.45. The molecular formula is C14H21N3OS. The molecule has 0 spiro atoms. The summed E-state index contributed by atoms with van der Waals surface area (Å²) in [6.07, 6.45) is 2.02. The van der Waals surface area contributed by atoms with Crippen LogP contribution in [0.5, 0.6) is 0 Å². The van der Waals surface area contributed by atoms with E-state index in [0.717, 1.165) is 30.2 Å². The summed E-state index contributed by atoms with van der Waals surface area (Å²) in [5.74, 6) is 0.0650. The maximum atomic E-state index is 12.1. The van der Waals surface area contributed by atoms with Crippen molar-refractivity contribution >= 4 is 23.4 Å². The lowest BCUT2D eigenvalue weighted by Gasteiger charge is -2.33. The largest absolute Gasteiger partial charge is 0.324 e. The van der Waals surface area contributed by atoms with Gasteiger partial charge in [0.2, 0.25) is 5.91 Å². The topological polar surface area (TPSA) is 44.4 Å². The Kier molecular flexibility index (Phi) is 5.24. The molecule has 1 aromatic carbocycles. The molecule has 1 unspecified atom stereocenters. The van der Waals surface area contributed by atoms with Crippen molar-refractivity contribution in [1.82, 2.24) is 10.2 Å². The number of rotatable bonds is 4. The molecule has 0 radical (unpaired) electrons. The van der Waals surface area contributed by atoms with Gasteiger partial charge in [0, 0.05) is 30.6 Å². The average molecular weight is 279 g/mol. The Morgan fingerprint density at radius 2 is 2.32 bits per heavy atom. The number of nitrogens with one attached hydrogen (secondary N) is 2. The van der Waals surface area contributed by atoms with Crippen molar-refractivity contribution < 1.29 is 4.79 Å². The highest BCUT2D eigenvalue weighted by atomic mass is 32.2. The minimum absolute atomic E-state index is 0.0650. The van der Waals surface area contributed by atoms with E-state index in [1.165, 1.54) is 0 Å². The Bertz CT molecular complexity index is 438. The average Bonchev–Trinajstić information content (AvgIpc) is 2.42. The lowest BCUT2D eigenvalue weighted by molar-refractivity contribution is -0.118. The summed E-state index contributed by atoms with van der Waals surface area (Å²) >= 11 is 1.65. The van der Waals surface area contributed by atoms with Crippen LogP contribution in [0.4, 0.5) is 5.69 Å². The van der Waals surface area contributed by atoms with Gasteiger partial charge in [-0.15, -0.1) is 11.8 Å². The summed E-state index contributed by atoms with van der Waals surface area (Å²) in [5.41, 5.74) is 0.905. The van der Waals surface area contributed by atoms with Crippen LogP contribution >= 0.6 is 11.8 Å². The van der Waals surface area contributed by atoms with Crippen molar-refractivity contribution in [2.75, 3.05) is 37.8 Å². The van der Waals surface area contributed by atoms with E-state index in [9.17, 15) is 4.79 Å². The predicted molar refractivity (Wildman–Crippen MR) is 80.8 cm³/mol. The Morgan fingerprint density at radius 1 is 1.53 bits per heavy atom. The van der Waals surface area contributed by atoms with Crippen molar-refractivity contribution in [2.45, 2.75) is 17.9 Å². The molecule has 2 rings (SSSR count). The number of amides is 1. The van der Waals surface area contributed by atoms with Crippen molar-refractivity contribution in [3.63, 3.8) is 0 Å². The predicted octanol–water partition coefficient (Wildman–Crippen LogP) is 1.64. The second kappa shape index (κ2) is 6.93. The monoisotopic (exact) mass is 279 g/mol. The van der Waals surface area contributed by atoms with Gasteiger partial charge in [-0.05, 0) is 25.3 Å². The number of hydrogen-bond donors (Lipinski definition) is 2. The van der Waals surface area contributed by atoms with E-state index in [0.29, 0.717) is 12.6 Å². The van der Waals surface area contributed by atoms with Crippen LogP contribution in [0, 0.1) is 0 Å². The highest BCUT2D eigenvalue weighted by Gasteiger charge is 2.20. The number of piperazine rings is 1. The van der Waals surface area contributed by atoms with Crippen LogP contribution in [0.3, 0.4) is 0 Å². The lowest BCUT2D eigenvalue weighted by Crippen LogP contribution is -2.52. The molecule has 1 aromatic rings. The standard InChI is InChI=1S/C14H21N3OS/c1-11-9-15-7-8-17(11)10-14(18)16-12-5-3-4-6-13(12)19-2/h3-6,11,15H,7-10H2,1-2H3,(H,16,18). The molecule has 104 valence electrons. The van der Waals surface area contributed by atoms with Crippen molar-refractivity contribution in [3.8, 4) is 0 Å². The molecule has 1 aliphatic heterocycles. The number of para-hydroxylation sites is 1. The lowest BCUT2D eigenvalue weighted by atomic mass is 10.2. The first-order valence-corrected chi connectivity index (χ1v) is 7.81. The second-order valence-electron chi connectivity index (χ2n) is 4.77. The third kappa shape index (κ3) is 3.96. The zero-order chi connectivity index (χ0) is 13.7. The molecule has 2 N–H and O–H groups in total. The molecule has 4 nitrogen and oxygen atoms in total. The molecule has 0 bridgehead atoms. The number of carbonyl (C=O) groups excluding carboxylic acids is 1. The van der Waals surface area contributed by atoms with Crippen molar-refractivity contribution in [3.05, 3.63) is 24.3 Å². The number of thioether (sulfide) groups is 1. The van der Waals surface area contributed by atoms with Crippen molar-refractivity contribution in [1.29, 1.82) is 0 Å².